The third-order valence-corrected chi connectivity index (χ3v) is 4.82. The highest BCUT2D eigenvalue weighted by atomic mass is 16.5. The maximum Gasteiger partial charge on any atom is 0.278 e. The van der Waals surface area contributed by atoms with Gasteiger partial charge in [-0.2, -0.15) is 0 Å². The van der Waals surface area contributed by atoms with Crippen LogP contribution in [-0.2, 0) is 4.74 Å². The van der Waals surface area contributed by atoms with Crippen molar-refractivity contribution in [2.24, 2.45) is 0 Å². The Kier molecular flexibility index (Phi) is 4.73. The van der Waals surface area contributed by atoms with Crippen molar-refractivity contribution in [1.29, 1.82) is 0 Å². The van der Waals surface area contributed by atoms with Crippen LogP contribution in [0.1, 0.15) is 21.6 Å². The van der Waals surface area contributed by atoms with Crippen LogP contribution in [0.4, 0.5) is 11.5 Å². The molecule has 1 amide bonds. The molecule has 0 bridgehead atoms. The number of ether oxygens (including phenoxy) is 1. The highest BCUT2D eigenvalue weighted by molar-refractivity contribution is 6.07. The van der Waals surface area contributed by atoms with Crippen molar-refractivity contribution in [3.63, 3.8) is 0 Å². The lowest BCUT2D eigenvalue weighted by atomic mass is 10.1. The standard InChI is InChI=1S/C21H22N4O2/c1-14-12-17-18(13-15(14)2)24-20(25-8-10-27-11-9-25)19(23-17)21(26)22-16-6-4-3-5-7-16/h3-7,12-13H,8-11H2,1-2H3,(H,22,26). The largest absolute Gasteiger partial charge is 0.378 e. The molecule has 0 radical (unpaired) electrons. The second-order valence-electron chi connectivity index (χ2n) is 6.74. The summed E-state index contributed by atoms with van der Waals surface area (Å²) in [5, 5.41) is 2.93. The number of aryl methyl sites for hydroxylation is 2. The quantitative estimate of drug-likeness (QED) is 0.774. The number of benzene rings is 2. The summed E-state index contributed by atoms with van der Waals surface area (Å²) in [4.78, 5) is 24.6. The lowest BCUT2D eigenvalue weighted by molar-refractivity contribution is 0.102. The van der Waals surface area contributed by atoms with E-state index in [1.54, 1.807) is 0 Å². The molecule has 1 aliphatic rings. The first-order valence-corrected chi connectivity index (χ1v) is 9.10. The Labute approximate surface area is 158 Å². The van der Waals surface area contributed by atoms with Crippen molar-refractivity contribution in [3.05, 3.63) is 59.3 Å². The highest BCUT2D eigenvalue weighted by Crippen LogP contribution is 2.24. The van der Waals surface area contributed by atoms with Crippen LogP contribution in [0.25, 0.3) is 11.0 Å². The number of anilines is 2. The number of nitrogens with one attached hydrogen (secondary N) is 1. The van der Waals surface area contributed by atoms with Gasteiger partial charge in [0.2, 0.25) is 0 Å². The van der Waals surface area contributed by atoms with Crippen LogP contribution in [0.3, 0.4) is 0 Å². The fourth-order valence-corrected chi connectivity index (χ4v) is 3.16. The minimum Gasteiger partial charge on any atom is -0.378 e. The number of amides is 1. The molecule has 1 fully saturated rings. The summed E-state index contributed by atoms with van der Waals surface area (Å²) < 4.78 is 5.45. The average molecular weight is 362 g/mol. The van der Waals surface area contributed by atoms with Gasteiger partial charge < -0.3 is 15.0 Å². The van der Waals surface area contributed by atoms with Crippen LogP contribution < -0.4 is 10.2 Å². The lowest BCUT2D eigenvalue weighted by Crippen LogP contribution is -2.38. The fourth-order valence-electron chi connectivity index (χ4n) is 3.16. The highest BCUT2D eigenvalue weighted by Gasteiger charge is 2.23. The molecule has 1 aromatic heterocycles. The van der Waals surface area contributed by atoms with E-state index in [1.807, 2.05) is 49.4 Å². The van der Waals surface area contributed by atoms with Gasteiger partial charge in [-0.05, 0) is 49.2 Å². The van der Waals surface area contributed by atoms with Gasteiger partial charge in [0.15, 0.2) is 11.5 Å². The van der Waals surface area contributed by atoms with Crippen LogP contribution in [0.15, 0.2) is 42.5 Å². The monoisotopic (exact) mass is 362 g/mol. The van der Waals surface area contributed by atoms with Crippen molar-refractivity contribution in [2.75, 3.05) is 36.5 Å². The summed E-state index contributed by atoms with van der Waals surface area (Å²) in [6.45, 7) is 6.71. The third kappa shape index (κ3) is 3.61. The number of aromatic nitrogens is 2. The molecule has 0 unspecified atom stereocenters. The van der Waals surface area contributed by atoms with Crippen LogP contribution in [0.5, 0.6) is 0 Å². The summed E-state index contributed by atoms with van der Waals surface area (Å²) in [6.07, 6.45) is 0. The molecule has 1 aliphatic heterocycles. The second-order valence-corrected chi connectivity index (χ2v) is 6.74. The molecule has 138 valence electrons. The molecule has 1 saturated heterocycles. The van der Waals surface area contributed by atoms with E-state index in [-0.39, 0.29) is 5.91 Å². The number of rotatable bonds is 3. The second kappa shape index (κ2) is 7.32. The first kappa shape index (κ1) is 17.4. The van der Waals surface area contributed by atoms with E-state index < -0.39 is 0 Å². The molecule has 27 heavy (non-hydrogen) atoms. The van der Waals surface area contributed by atoms with Crippen molar-refractivity contribution < 1.29 is 9.53 Å². The van der Waals surface area contributed by atoms with Crippen LogP contribution in [0, 0.1) is 13.8 Å². The normalized spacial score (nSPS) is 14.4. The van der Waals surface area contributed by atoms with Gasteiger partial charge >= 0.3 is 0 Å². The van der Waals surface area contributed by atoms with E-state index in [1.165, 1.54) is 0 Å². The number of carbonyl (C=O) groups is 1. The number of hydrogen-bond acceptors (Lipinski definition) is 5. The zero-order chi connectivity index (χ0) is 18.8. The van der Waals surface area contributed by atoms with Crippen LogP contribution in [0.2, 0.25) is 0 Å². The molecule has 4 rings (SSSR count). The van der Waals surface area contributed by atoms with Crippen LogP contribution in [-0.4, -0.2) is 42.2 Å². The van der Waals surface area contributed by atoms with Crippen molar-refractivity contribution >= 4 is 28.4 Å². The van der Waals surface area contributed by atoms with E-state index in [2.05, 4.69) is 17.1 Å². The number of hydrogen-bond donors (Lipinski definition) is 1. The van der Waals surface area contributed by atoms with Crippen molar-refractivity contribution in [2.45, 2.75) is 13.8 Å². The Hall–Kier alpha value is -2.99. The van der Waals surface area contributed by atoms with Crippen molar-refractivity contribution in [3.8, 4) is 0 Å². The molecule has 0 atom stereocenters. The number of morpholine rings is 1. The summed E-state index contributed by atoms with van der Waals surface area (Å²) in [5.41, 5.74) is 4.90. The summed E-state index contributed by atoms with van der Waals surface area (Å²) in [7, 11) is 0. The first-order chi connectivity index (χ1) is 13.1. The molecule has 6 nitrogen and oxygen atoms in total. The number of fused-ring (bicyclic) bond motifs is 1. The zero-order valence-corrected chi connectivity index (χ0v) is 15.5. The molecule has 0 saturated carbocycles. The Bertz CT molecular complexity index is 982. The lowest BCUT2D eigenvalue weighted by Gasteiger charge is -2.29. The van der Waals surface area contributed by atoms with E-state index in [0.717, 1.165) is 27.8 Å². The van der Waals surface area contributed by atoms with Gasteiger partial charge in [-0.25, -0.2) is 9.97 Å². The molecule has 2 aromatic carbocycles. The predicted octanol–water partition coefficient (Wildman–Crippen LogP) is 3.34. The van der Waals surface area contributed by atoms with E-state index in [0.29, 0.717) is 37.8 Å². The summed E-state index contributed by atoms with van der Waals surface area (Å²) >= 11 is 0. The minimum atomic E-state index is -0.254. The number of carbonyl (C=O) groups excluding carboxylic acids is 1. The van der Waals surface area contributed by atoms with E-state index in [9.17, 15) is 4.79 Å². The molecule has 1 N–H and O–H groups in total. The molecular formula is C21H22N4O2. The maximum atomic E-state index is 13.0. The van der Waals surface area contributed by atoms with Gasteiger partial charge in [-0.1, -0.05) is 18.2 Å². The Morgan fingerprint density at radius 2 is 1.63 bits per heavy atom. The maximum absolute atomic E-state index is 13.0. The Morgan fingerprint density at radius 3 is 2.30 bits per heavy atom. The zero-order valence-electron chi connectivity index (χ0n) is 15.5. The van der Waals surface area contributed by atoms with E-state index in [4.69, 9.17) is 14.7 Å². The van der Waals surface area contributed by atoms with Gasteiger partial charge in [0.25, 0.3) is 5.91 Å². The molecule has 6 heteroatoms. The molecule has 0 spiro atoms. The fraction of sp³-hybridized carbons (Fsp3) is 0.286. The van der Waals surface area contributed by atoms with Crippen molar-refractivity contribution in [1.82, 2.24) is 9.97 Å². The number of nitrogens with zero attached hydrogens (tertiary/aromatic N) is 3. The molecular weight excluding hydrogens is 340 g/mol. The Balaban J connectivity index is 1.80. The predicted molar refractivity (Wildman–Crippen MR) is 106 cm³/mol. The SMILES string of the molecule is Cc1cc2nc(C(=O)Nc3ccccc3)c(N3CCOCC3)nc2cc1C. The molecule has 2 heterocycles. The van der Waals surface area contributed by atoms with Gasteiger partial charge in [-0.15, -0.1) is 0 Å². The van der Waals surface area contributed by atoms with Gasteiger partial charge in [0.05, 0.1) is 24.2 Å². The van der Waals surface area contributed by atoms with Crippen LogP contribution >= 0.6 is 0 Å². The van der Waals surface area contributed by atoms with Gasteiger partial charge in [0, 0.05) is 18.8 Å². The average Bonchev–Trinajstić information content (AvgIpc) is 2.69. The summed E-state index contributed by atoms with van der Waals surface area (Å²) in [6, 6.07) is 13.4. The van der Waals surface area contributed by atoms with Gasteiger partial charge in [0.1, 0.15) is 0 Å². The van der Waals surface area contributed by atoms with Gasteiger partial charge in [-0.3, -0.25) is 4.79 Å². The smallest absolute Gasteiger partial charge is 0.278 e. The topological polar surface area (TPSA) is 67.4 Å². The van der Waals surface area contributed by atoms with E-state index >= 15 is 0 Å². The molecule has 3 aromatic rings. The first-order valence-electron chi connectivity index (χ1n) is 9.10. The molecule has 0 aliphatic carbocycles. The number of para-hydroxylation sites is 1. The minimum absolute atomic E-state index is 0.254. The third-order valence-electron chi connectivity index (χ3n) is 4.82. The summed E-state index contributed by atoms with van der Waals surface area (Å²) in [5.74, 6) is 0.359. The Morgan fingerprint density at radius 1 is 1.00 bits per heavy atom.